The smallest absolute Gasteiger partial charge is 0.344 e. The summed E-state index contributed by atoms with van der Waals surface area (Å²) >= 11 is 0. The minimum absolute atomic E-state index is 0.383. The summed E-state index contributed by atoms with van der Waals surface area (Å²) in [7, 11) is 1.49. The fourth-order valence-electron chi connectivity index (χ4n) is 1.94. The van der Waals surface area contributed by atoms with Crippen LogP contribution in [0.3, 0.4) is 0 Å². The van der Waals surface area contributed by atoms with Gasteiger partial charge in [0.15, 0.2) is 6.10 Å². The van der Waals surface area contributed by atoms with Gasteiger partial charge in [-0.15, -0.1) is 0 Å². The number of carboxylic acids is 1. The Morgan fingerprint density at radius 2 is 1.84 bits per heavy atom. The first-order valence-corrected chi connectivity index (χ1v) is 7.47. The Kier molecular flexibility index (Phi) is 6.11. The zero-order chi connectivity index (χ0) is 18.2. The van der Waals surface area contributed by atoms with Crippen LogP contribution in [-0.4, -0.2) is 36.4 Å². The van der Waals surface area contributed by atoms with Gasteiger partial charge >= 0.3 is 5.97 Å². The lowest BCUT2D eigenvalue weighted by Gasteiger charge is -2.10. The molecule has 1 amide bonds. The maximum atomic E-state index is 12.1. The van der Waals surface area contributed by atoms with Crippen LogP contribution in [0.25, 0.3) is 0 Å². The third-order valence-electron chi connectivity index (χ3n) is 3.27. The molecule has 0 fully saturated rings. The topological polar surface area (TPSA) is 97.2 Å². The number of hydrogen-bond acceptors (Lipinski definition) is 5. The van der Waals surface area contributed by atoms with E-state index in [1.807, 2.05) is 0 Å². The molecule has 130 valence electrons. The third-order valence-corrected chi connectivity index (χ3v) is 3.27. The maximum Gasteiger partial charge on any atom is 0.344 e. The lowest BCUT2D eigenvalue weighted by molar-refractivity contribution is -0.144. The molecule has 2 aromatic carbocycles. The van der Waals surface area contributed by atoms with Crippen LogP contribution < -0.4 is 14.9 Å². The second-order valence-corrected chi connectivity index (χ2v) is 5.07. The predicted octanol–water partition coefficient (Wildman–Crippen LogP) is 2.31. The number of benzene rings is 2. The van der Waals surface area contributed by atoms with Crippen molar-refractivity contribution in [1.82, 2.24) is 5.43 Å². The lowest BCUT2D eigenvalue weighted by Crippen LogP contribution is -2.22. The van der Waals surface area contributed by atoms with Crippen molar-refractivity contribution in [3.8, 4) is 11.5 Å². The van der Waals surface area contributed by atoms with Gasteiger partial charge in [-0.05, 0) is 48.9 Å². The molecule has 0 unspecified atom stereocenters. The third kappa shape index (κ3) is 5.07. The molecule has 7 nitrogen and oxygen atoms in total. The van der Waals surface area contributed by atoms with Crippen LogP contribution in [0.2, 0.25) is 0 Å². The van der Waals surface area contributed by atoms with E-state index < -0.39 is 12.1 Å². The molecule has 7 heteroatoms. The van der Waals surface area contributed by atoms with Crippen molar-refractivity contribution in [3.63, 3.8) is 0 Å². The minimum atomic E-state index is -1.04. The van der Waals surface area contributed by atoms with Crippen molar-refractivity contribution in [2.45, 2.75) is 13.0 Å². The van der Waals surface area contributed by atoms with Gasteiger partial charge in [0.05, 0.1) is 18.9 Å². The number of nitrogens with one attached hydrogen (secondary N) is 1. The number of hydrogen-bond donors (Lipinski definition) is 2. The SMILES string of the molecule is COc1ccccc1C(=O)N/N=C\c1ccc(O[C@@H](C)C(=O)O)cc1. The number of amides is 1. The lowest BCUT2D eigenvalue weighted by atomic mass is 10.2. The second-order valence-electron chi connectivity index (χ2n) is 5.07. The number of methoxy groups -OCH3 is 1. The Morgan fingerprint density at radius 3 is 2.48 bits per heavy atom. The van der Waals surface area contributed by atoms with E-state index in [0.717, 1.165) is 5.56 Å². The Morgan fingerprint density at radius 1 is 1.16 bits per heavy atom. The Balaban J connectivity index is 1.95. The molecule has 25 heavy (non-hydrogen) atoms. The second kappa shape index (κ2) is 8.49. The van der Waals surface area contributed by atoms with Crippen LogP contribution in [-0.2, 0) is 4.79 Å². The molecule has 2 rings (SSSR count). The van der Waals surface area contributed by atoms with E-state index in [0.29, 0.717) is 17.1 Å². The molecule has 1 atom stereocenters. The van der Waals surface area contributed by atoms with E-state index in [1.54, 1.807) is 48.5 Å². The molecule has 0 radical (unpaired) electrons. The number of rotatable bonds is 7. The van der Waals surface area contributed by atoms with Crippen molar-refractivity contribution in [2.75, 3.05) is 7.11 Å². The summed E-state index contributed by atoms with van der Waals surface area (Å²) in [5, 5.41) is 12.7. The van der Waals surface area contributed by atoms with E-state index in [1.165, 1.54) is 20.2 Å². The van der Waals surface area contributed by atoms with Crippen molar-refractivity contribution < 1.29 is 24.2 Å². The highest BCUT2D eigenvalue weighted by Gasteiger charge is 2.12. The highest BCUT2D eigenvalue weighted by Crippen LogP contribution is 2.17. The molecular formula is C18H18N2O5. The number of carboxylic acid groups (broad SMARTS) is 1. The number of carbonyl (C=O) groups is 2. The van der Waals surface area contributed by atoms with Crippen LogP contribution in [0.1, 0.15) is 22.8 Å². The normalized spacial score (nSPS) is 11.8. The molecule has 0 saturated heterocycles. The number of para-hydroxylation sites is 1. The standard InChI is InChI=1S/C18H18N2O5/c1-12(18(22)23)25-14-9-7-13(8-10-14)11-19-20-17(21)15-5-3-4-6-16(15)24-2/h3-12H,1-2H3,(H,20,21)(H,22,23)/b19-11-/t12-/m0/s1. The van der Waals surface area contributed by atoms with Crippen LogP contribution >= 0.6 is 0 Å². The molecule has 0 aliphatic rings. The monoisotopic (exact) mass is 342 g/mol. The van der Waals surface area contributed by atoms with Crippen molar-refractivity contribution >= 4 is 18.1 Å². The molecule has 0 heterocycles. The summed E-state index contributed by atoms with van der Waals surface area (Å²) in [5.41, 5.74) is 3.53. The molecular weight excluding hydrogens is 324 g/mol. The van der Waals surface area contributed by atoms with Crippen LogP contribution in [0.5, 0.6) is 11.5 Å². The summed E-state index contributed by atoms with van der Waals surface area (Å²) < 4.78 is 10.4. The van der Waals surface area contributed by atoms with Gasteiger partial charge < -0.3 is 14.6 Å². The van der Waals surface area contributed by atoms with Gasteiger partial charge in [0.1, 0.15) is 11.5 Å². The first-order chi connectivity index (χ1) is 12.0. The van der Waals surface area contributed by atoms with Gasteiger partial charge in [-0.3, -0.25) is 4.79 Å². The fourth-order valence-corrected chi connectivity index (χ4v) is 1.94. The summed E-state index contributed by atoms with van der Waals surface area (Å²) in [5.74, 6) is -0.525. The molecule has 0 bridgehead atoms. The van der Waals surface area contributed by atoms with E-state index >= 15 is 0 Å². The first-order valence-electron chi connectivity index (χ1n) is 7.47. The van der Waals surface area contributed by atoms with Crippen molar-refractivity contribution in [2.24, 2.45) is 5.10 Å². The average molecular weight is 342 g/mol. The summed E-state index contributed by atoms with van der Waals surface area (Å²) in [6.45, 7) is 1.45. The summed E-state index contributed by atoms with van der Waals surface area (Å²) in [6, 6.07) is 13.5. The zero-order valence-corrected chi connectivity index (χ0v) is 13.8. The Labute approximate surface area is 144 Å². The van der Waals surface area contributed by atoms with Crippen LogP contribution in [0.15, 0.2) is 53.6 Å². The van der Waals surface area contributed by atoms with Gasteiger partial charge in [-0.1, -0.05) is 12.1 Å². The minimum Gasteiger partial charge on any atom is -0.496 e. The van der Waals surface area contributed by atoms with Gasteiger partial charge in [-0.25, -0.2) is 10.2 Å². The number of aliphatic carboxylic acids is 1. The Hall–Kier alpha value is -3.35. The van der Waals surface area contributed by atoms with Crippen LogP contribution in [0.4, 0.5) is 0 Å². The van der Waals surface area contributed by atoms with E-state index in [-0.39, 0.29) is 5.91 Å². The zero-order valence-electron chi connectivity index (χ0n) is 13.8. The fraction of sp³-hybridized carbons (Fsp3) is 0.167. The predicted molar refractivity (Wildman–Crippen MR) is 92.2 cm³/mol. The van der Waals surface area contributed by atoms with Crippen LogP contribution in [0, 0.1) is 0 Å². The maximum absolute atomic E-state index is 12.1. The Bertz CT molecular complexity index is 771. The largest absolute Gasteiger partial charge is 0.496 e. The van der Waals surface area contributed by atoms with Crippen molar-refractivity contribution in [1.29, 1.82) is 0 Å². The molecule has 0 aliphatic heterocycles. The highest BCUT2D eigenvalue weighted by molar-refractivity contribution is 5.97. The van der Waals surface area contributed by atoms with Gasteiger partial charge in [0.2, 0.25) is 0 Å². The molecule has 2 N–H and O–H groups in total. The summed E-state index contributed by atoms with van der Waals surface area (Å²) in [6.07, 6.45) is 0.539. The molecule has 0 saturated carbocycles. The van der Waals surface area contributed by atoms with Crippen molar-refractivity contribution in [3.05, 3.63) is 59.7 Å². The quantitative estimate of drug-likeness (QED) is 0.594. The molecule has 0 aliphatic carbocycles. The first kappa shape index (κ1) is 18.0. The number of ether oxygens (including phenoxy) is 2. The number of hydrazone groups is 1. The van der Waals surface area contributed by atoms with Gasteiger partial charge in [0, 0.05) is 0 Å². The van der Waals surface area contributed by atoms with E-state index in [9.17, 15) is 9.59 Å². The molecule has 0 spiro atoms. The van der Waals surface area contributed by atoms with Gasteiger partial charge in [-0.2, -0.15) is 5.10 Å². The van der Waals surface area contributed by atoms with Gasteiger partial charge in [0.25, 0.3) is 5.91 Å². The summed E-state index contributed by atoms with van der Waals surface area (Å²) in [4.78, 5) is 22.8. The van der Waals surface area contributed by atoms with E-state index in [4.69, 9.17) is 14.6 Å². The number of nitrogens with zero attached hydrogens (tertiary/aromatic N) is 1. The molecule has 0 aromatic heterocycles. The average Bonchev–Trinajstić information content (AvgIpc) is 2.62. The molecule has 2 aromatic rings. The number of carbonyl (C=O) groups excluding carboxylic acids is 1. The van der Waals surface area contributed by atoms with E-state index in [2.05, 4.69) is 10.5 Å². The highest BCUT2D eigenvalue weighted by atomic mass is 16.5.